The molecule has 7 nitrogen and oxygen atoms in total. The number of hydrogen-bond donors (Lipinski definition) is 1. The van der Waals surface area contributed by atoms with E-state index in [1.807, 2.05) is 54.6 Å². The maximum absolute atomic E-state index is 13.0. The van der Waals surface area contributed by atoms with E-state index in [0.717, 1.165) is 16.9 Å². The zero-order valence-electron chi connectivity index (χ0n) is 18.5. The molecule has 168 valence electrons. The van der Waals surface area contributed by atoms with Gasteiger partial charge in [-0.25, -0.2) is 4.68 Å². The lowest BCUT2D eigenvalue weighted by molar-refractivity contribution is -0.129. The van der Waals surface area contributed by atoms with Crippen molar-refractivity contribution in [1.29, 1.82) is 0 Å². The van der Waals surface area contributed by atoms with E-state index < -0.39 is 5.54 Å². The van der Waals surface area contributed by atoms with Crippen LogP contribution >= 0.6 is 0 Å². The highest BCUT2D eigenvalue weighted by molar-refractivity contribution is 5.83. The van der Waals surface area contributed by atoms with Crippen molar-refractivity contribution in [3.63, 3.8) is 0 Å². The summed E-state index contributed by atoms with van der Waals surface area (Å²) in [6, 6.07) is 23.9. The second-order valence-electron chi connectivity index (χ2n) is 8.11. The van der Waals surface area contributed by atoms with Crippen molar-refractivity contribution in [2.45, 2.75) is 32.5 Å². The van der Waals surface area contributed by atoms with Crippen molar-refractivity contribution in [2.24, 2.45) is 0 Å². The van der Waals surface area contributed by atoms with Crippen LogP contribution in [-0.4, -0.2) is 15.7 Å². The first-order valence-electron chi connectivity index (χ1n) is 10.6. The van der Waals surface area contributed by atoms with Crippen LogP contribution in [0.1, 0.15) is 25.0 Å². The molecule has 0 atom stereocenters. The number of furan rings is 1. The smallest absolute Gasteiger partial charge is 0.267 e. The third kappa shape index (κ3) is 5.20. The molecular formula is C26H25N3O4. The summed E-state index contributed by atoms with van der Waals surface area (Å²) in [4.78, 5) is 25.4. The molecule has 4 rings (SSSR count). The standard InChI is InChI=1S/C26H25N3O4/c1-26(2,29-24(30)15-14-22(28-29)23-9-6-16-32-23)25(31)27-17-19-10-12-21(13-11-19)33-18-20-7-4-3-5-8-20/h3-16H,17-18H2,1-2H3,(H,27,31). The molecule has 0 saturated carbocycles. The fraction of sp³-hybridized carbons (Fsp3) is 0.192. The normalized spacial score (nSPS) is 11.2. The van der Waals surface area contributed by atoms with Crippen LogP contribution in [-0.2, 0) is 23.5 Å². The number of carbonyl (C=O) groups is 1. The van der Waals surface area contributed by atoms with Crippen LogP contribution in [0.15, 0.2) is 94.3 Å². The Labute approximate surface area is 191 Å². The molecule has 4 aromatic rings. The summed E-state index contributed by atoms with van der Waals surface area (Å²) in [5.41, 5.74) is 0.919. The molecule has 0 aliphatic carbocycles. The number of carbonyl (C=O) groups excluding carboxylic acids is 1. The Bertz CT molecular complexity index is 1260. The first-order chi connectivity index (χ1) is 15.9. The molecule has 0 bridgehead atoms. The number of rotatable bonds is 8. The van der Waals surface area contributed by atoms with E-state index in [4.69, 9.17) is 9.15 Å². The third-order valence-corrected chi connectivity index (χ3v) is 5.28. The second kappa shape index (κ2) is 9.56. The summed E-state index contributed by atoms with van der Waals surface area (Å²) >= 11 is 0. The second-order valence-corrected chi connectivity index (χ2v) is 8.11. The van der Waals surface area contributed by atoms with E-state index in [1.165, 1.54) is 17.0 Å². The van der Waals surface area contributed by atoms with Gasteiger partial charge < -0.3 is 14.5 Å². The van der Waals surface area contributed by atoms with E-state index >= 15 is 0 Å². The Morgan fingerprint density at radius 1 is 0.970 bits per heavy atom. The molecule has 7 heteroatoms. The number of aromatic nitrogens is 2. The largest absolute Gasteiger partial charge is 0.489 e. The minimum absolute atomic E-state index is 0.313. The van der Waals surface area contributed by atoms with Crippen LogP contribution in [0.5, 0.6) is 5.75 Å². The fourth-order valence-electron chi connectivity index (χ4n) is 3.31. The summed E-state index contributed by atoms with van der Waals surface area (Å²) in [6.07, 6.45) is 1.53. The van der Waals surface area contributed by atoms with Crippen molar-refractivity contribution in [1.82, 2.24) is 15.1 Å². The van der Waals surface area contributed by atoms with Gasteiger partial charge in [0.05, 0.1) is 6.26 Å². The maximum Gasteiger partial charge on any atom is 0.267 e. The van der Waals surface area contributed by atoms with Gasteiger partial charge in [0.15, 0.2) is 5.76 Å². The number of benzene rings is 2. The molecule has 0 spiro atoms. The van der Waals surface area contributed by atoms with Crippen LogP contribution < -0.4 is 15.6 Å². The van der Waals surface area contributed by atoms with Gasteiger partial charge in [-0.15, -0.1) is 0 Å². The lowest BCUT2D eigenvalue weighted by Gasteiger charge is -2.25. The van der Waals surface area contributed by atoms with E-state index in [9.17, 15) is 9.59 Å². The third-order valence-electron chi connectivity index (χ3n) is 5.28. The molecule has 33 heavy (non-hydrogen) atoms. The van der Waals surface area contributed by atoms with Crippen molar-refractivity contribution >= 4 is 5.91 Å². The Morgan fingerprint density at radius 2 is 1.73 bits per heavy atom. The van der Waals surface area contributed by atoms with Gasteiger partial charge in [0.1, 0.15) is 23.6 Å². The van der Waals surface area contributed by atoms with Crippen molar-refractivity contribution in [3.05, 3.63) is 107 Å². The molecule has 1 amide bonds. The Kier molecular flexibility index (Phi) is 6.40. The van der Waals surface area contributed by atoms with Gasteiger partial charge in [0.25, 0.3) is 5.56 Å². The molecule has 2 aromatic carbocycles. The van der Waals surface area contributed by atoms with Crippen LogP contribution in [0, 0.1) is 0 Å². The zero-order chi connectivity index (χ0) is 23.3. The van der Waals surface area contributed by atoms with E-state index in [1.54, 1.807) is 32.0 Å². The number of ether oxygens (including phenoxy) is 1. The quantitative estimate of drug-likeness (QED) is 0.442. The topological polar surface area (TPSA) is 86.4 Å². The van der Waals surface area contributed by atoms with Crippen LogP contribution in [0.25, 0.3) is 11.5 Å². The van der Waals surface area contributed by atoms with Gasteiger partial charge in [-0.2, -0.15) is 5.10 Å². The van der Waals surface area contributed by atoms with Gasteiger partial charge in [-0.05, 0) is 55.3 Å². The van der Waals surface area contributed by atoms with Crippen molar-refractivity contribution in [2.75, 3.05) is 0 Å². The van der Waals surface area contributed by atoms with E-state index in [0.29, 0.717) is 24.6 Å². The minimum atomic E-state index is -1.20. The van der Waals surface area contributed by atoms with Crippen molar-refractivity contribution in [3.8, 4) is 17.2 Å². The number of amides is 1. The lowest BCUT2D eigenvalue weighted by Crippen LogP contribution is -2.49. The molecule has 0 unspecified atom stereocenters. The molecule has 0 fully saturated rings. The molecular weight excluding hydrogens is 418 g/mol. The van der Waals surface area contributed by atoms with Gasteiger partial charge in [0.2, 0.25) is 5.91 Å². The Balaban J connectivity index is 1.39. The first-order valence-corrected chi connectivity index (χ1v) is 10.6. The molecule has 1 N–H and O–H groups in total. The molecule has 0 saturated heterocycles. The molecule has 0 radical (unpaired) electrons. The van der Waals surface area contributed by atoms with Gasteiger partial charge in [-0.3, -0.25) is 9.59 Å². The summed E-state index contributed by atoms with van der Waals surface area (Å²) in [7, 11) is 0. The van der Waals surface area contributed by atoms with Gasteiger partial charge in [0, 0.05) is 12.6 Å². The zero-order valence-corrected chi connectivity index (χ0v) is 18.5. The molecule has 2 aromatic heterocycles. The molecule has 0 aliphatic heterocycles. The highest BCUT2D eigenvalue weighted by Gasteiger charge is 2.32. The SMILES string of the molecule is CC(C)(C(=O)NCc1ccc(OCc2ccccc2)cc1)n1nc(-c2ccco2)ccc1=O. The van der Waals surface area contributed by atoms with Crippen molar-refractivity contribution < 1.29 is 13.9 Å². The highest BCUT2D eigenvalue weighted by Crippen LogP contribution is 2.19. The first kappa shape index (κ1) is 22.1. The van der Waals surface area contributed by atoms with Crippen LogP contribution in [0.3, 0.4) is 0 Å². The average Bonchev–Trinajstić information content (AvgIpc) is 3.38. The summed E-state index contributed by atoms with van der Waals surface area (Å²) < 4.78 is 12.3. The highest BCUT2D eigenvalue weighted by atomic mass is 16.5. The van der Waals surface area contributed by atoms with Crippen LogP contribution in [0.2, 0.25) is 0 Å². The van der Waals surface area contributed by atoms with Gasteiger partial charge >= 0.3 is 0 Å². The van der Waals surface area contributed by atoms with Gasteiger partial charge in [-0.1, -0.05) is 42.5 Å². The molecule has 0 aliphatic rings. The number of nitrogens with zero attached hydrogens (tertiary/aromatic N) is 2. The predicted molar refractivity (Wildman–Crippen MR) is 125 cm³/mol. The fourth-order valence-corrected chi connectivity index (χ4v) is 3.31. The predicted octanol–water partition coefficient (Wildman–Crippen LogP) is 4.13. The average molecular weight is 444 g/mol. The summed E-state index contributed by atoms with van der Waals surface area (Å²) in [6.45, 7) is 4.12. The Morgan fingerprint density at radius 3 is 2.42 bits per heavy atom. The summed E-state index contributed by atoms with van der Waals surface area (Å²) in [5.74, 6) is 0.951. The number of hydrogen-bond acceptors (Lipinski definition) is 5. The molecule has 2 heterocycles. The van der Waals surface area contributed by atoms with E-state index in [-0.39, 0.29) is 11.5 Å². The van der Waals surface area contributed by atoms with Crippen LogP contribution in [0.4, 0.5) is 0 Å². The number of nitrogens with one attached hydrogen (secondary N) is 1. The Hall–Kier alpha value is -4.13. The minimum Gasteiger partial charge on any atom is -0.489 e. The maximum atomic E-state index is 13.0. The monoisotopic (exact) mass is 443 g/mol. The van der Waals surface area contributed by atoms with E-state index in [2.05, 4.69) is 10.4 Å². The lowest BCUT2D eigenvalue weighted by atomic mass is 10.0. The summed E-state index contributed by atoms with van der Waals surface area (Å²) in [5, 5.41) is 7.25.